The van der Waals surface area contributed by atoms with Gasteiger partial charge in [-0.25, -0.2) is 18.1 Å². The van der Waals surface area contributed by atoms with E-state index in [0.717, 1.165) is 16.6 Å². The highest BCUT2D eigenvalue weighted by Gasteiger charge is 2.26. The Morgan fingerprint density at radius 1 is 1.14 bits per heavy atom. The number of aromatic nitrogens is 2. The average Bonchev–Trinajstić information content (AvgIpc) is 3.02. The van der Waals surface area contributed by atoms with Crippen LogP contribution in [-0.4, -0.2) is 24.3 Å². The van der Waals surface area contributed by atoms with Gasteiger partial charge in [0.2, 0.25) is 15.9 Å². The van der Waals surface area contributed by atoms with E-state index in [1.165, 1.54) is 19.1 Å². The second-order valence-electron chi connectivity index (χ2n) is 7.19. The molecule has 0 radical (unpaired) electrons. The van der Waals surface area contributed by atoms with Crippen LogP contribution in [0.4, 0.5) is 5.69 Å². The van der Waals surface area contributed by atoms with Crippen LogP contribution in [0.1, 0.15) is 38.2 Å². The lowest BCUT2D eigenvalue weighted by Crippen LogP contribution is -2.32. The molecule has 0 fully saturated rings. The summed E-state index contributed by atoms with van der Waals surface area (Å²) < 4.78 is 28.7. The third-order valence-corrected chi connectivity index (χ3v) is 5.80. The minimum absolute atomic E-state index is 0.0324. The SMILES string of the molecule is CC(=O)Nc1cccc(S(=O)(=O)N[C@@H](c2nc3ccc(C)cc3[nH]2)C(C)C)c1. The topological polar surface area (TPSA) is 104 Å². The van der Waals surface area contributed by atoms with Crippen molar-refractivity contribution in [2.75, 3.05) is 5.32 Å². The van der Waals surface area contributed by atoms with Crippen LogP contribution in [0.25, 0.3) is 11.0 Å². The van der Waals surface area contributed by atoms with Crippen LogP contribution in [0.5, 0.6) is 0 Å². The molecule has 0 aliphatic rings. The van der Waals surface area contributed by atoms with Gasteiger partial charge in [0.1, 0.15) is 5.82 Å². The number of carbonyl (C=O) groups is 1. The van der Waals surface area contributed by atoms with E-state index in [0.29, 0.717) is 11.5 Å². The van der Waals surface area contributed by atoms with Gasteiger partial charge in [0, 0.05) is 12.6 Å². The Morgan fingerprint density at radius 3 is 2.57 bits per heavy atom. The van der Waals surface area contributed by atoms with Crippen molar-refractivity contribution in [2.24, 2.45) is 5.92 Å². The Kier molecular flexibility index (Phi) is 5.53. The second kappa shape index (κ2) is 7.73. The maximum Gasteiger partial charge on any atom is 0.241 e. The number of aromatic amines is 1. The number of sulfonamides is 1. The van der Waals surface area contributed by atoms with Crippen LogP contribution in [-0.2, 0) is 14.8 Å². The number of H-pyrrole nitrogens is 1. The third-order valence-electron chi connectivity index (χ3n) is 4.36. The highest BCUT2D eigenvalue weighted by atomic mass is 32.2. The Morgan fingerprint density at radius 2 is 1.89 bits per heavy atom. The largest absolute Gasteiger partial charge is 0.341 e. The molecule has 0 aliphatic heterocycles. The maximum atomic E-state index is 13.0. The molecule has 0 unspecified atom stereocenters. The molecular weight excluding hydrogens is 376 g/mol. The number of hydrogen-bond acceptors (Lipinski definition) is 4. The number of hydrogen-bond donors (Lipinski definition) is 3. The standard InChI is InChI=1S/C20H24N4O3S/c1-12(2)19(20-22-17-9-8-13(3)10-18(17)23-20)24-28(26,27)16-7-5-6-15(11-16)21-14(4)25/h5-12,19,24H,1-4H3,(H,21,25)(H,22,23)/t19-/m1/s1. The van der Waals surface area contributed by atoms with Crippen LogP contribution >= 0.6 is 0 Å². The molecule has 1 heterocycles. The van der Waals surface area contributed by atoms with E-state index in [9.17, 15) is 13.2 Å². The van der Waals surface area contributed by atoms with E-state index in [2.05, 4.69) is 20.0 Å². The average molecular weight is 401 g/mol. The van der Waals surface area contributed by atoms with Gasteiger partial charge in [0.25, 0.3) is 0 Å². The zero-order valence-corrected chi connectivity index (χ0v) is 17.1. The van der Waals surface area contributed by atoms with Crippen LogP contribution in [0, 0.1) is 12.8 Å². The van der Waals surface area contributed by atoms with Gasteiger partial charge in [0.05, 0.1) is 22.0 Å². The lowest BCUT2D eigenvalue weighted by atomic mass is 10.1. The molecule has 3 rings (SSSR count). The van der Waals surface area contributed by atoms with Gasteiger partial charge >= 0.3 is 0 Å². The van der Waals surface area contributed by atoms with Gasteiger partial charge < -0.3 is 10.3 Å². The van der Waals surface area contributed by atoms with E-state index in [1.807, 2.05) is 39.0 Å². The summed E-state index contributed by atoms with van der Waals surface area (Å²) in [5, 5.41) is 2.60. The number of carbonyl (C=O) groups excluding carboxylic acids is 1. The van der Waals surface area contributed by atoms with Crippen molar-refractivity contribution in [3.05, 3.63) is 53.9 Å². The number of fused-ring (bicyclic) bond motifs is 1. The predicted octanol–water partition coefficient (Wildman–Crippen LogP) is 3.51. The van der Waals surface area contributed by atoms with Gasteiger partial charge in [0.15, 0.2) is 0 Å². The first kappa shape index (κ1) is 20.0. The van der Waals surface area contributed by atoms with Crippen molar-refractivity contribution in [2.45, 2.75) is 38.6 Å². The van der Waals surface area contributed by atoms with Crippen LogP contribution in [0.2, 0.25) is 0 Å². The van der Waals surface area contributed by atoms with E-state index in [-0.39, 0.29) is 16.7 Å². The van der Waals surface area contributed by atoms with Crippen molar-refractivity contribution < 1.29 is 13.2 Å². The van der Waals surface area contributed by atoms with E-state index >= 15 is 0 Å². The Labute approximate surface area is 164 Å². The van der Waals surface area contributed by atoms with Crippen LogP contribution in [0.15, 0.2) is 47.4 Å². The number of aryl methyl sites for hydroxylation is 1. The number of benzene rings is 2. The molecule has 7 nitrogen and oxygen atoms in total. The summed E-state index contributed by atoms with van der Waals surface area (Å²) >= 11 is 0. The minimum atomic E-state index is -3.82. The number of amides is 1. The first-order chi connectivity index (χ1) is 13.2. The fraction of sp³-hybridized carbons (Fsp3) is 0.300. The summed E-state index contributed by atoms with van der Waals surface area (Å²) in [6.45, 7) is 7.22. The Hall–Kier alpha value is -2.71. The first-order valence-corrected chi connectivity index (χ1v) is 10.5. The second-order valence-corrected chi connectivity index (χ2v) is 8.91. The number of rotatable bonds is 6. The number of imidazole rings is 1. The third kappa shape index (κ3) is 4.40. The fourth-order valence-electron chi connectivity index (χ4n) is 2.98. The molecule has 0 spiro atoms. The Bertz CT molecular complexity index is 1120. The predicted molar refractivity (Wildman–Crippen MR) is 109 cm³/mol. The van der Waals surface area contributed by atoms with Crippen LogP contribution < -0.4 is 10.0 Å². The summed E-state index contributed by atoms with van der Waals surface area (Å²) in [6, 6.07) is 11.5. The van der Waals surface area contributed by atoms with Crippen molar-refractivity contribution in [1.29, 1.82) is 0 Å². The van der Waals surface area contributed by atoms with Gasteiger partial charge in [-0.15, -0.1) is 0 Å². The molecule has 0 aliphatic carbocycles. The summed E-state index contributed by atoms with van der Waals surface area (Å²) in [5.74, 6) is 0.271. The smallest absolute Gasteiger partial charge is 0.241 e. The van der Waals surface area contributed by atoms with E-state index < -0.39 is 16.1 Å². The maximum absolute atomic E-state index is 13.0. The molecule has 1 amide bonds. The Balaban J connectivity index is 1.93. The normalized spacial score (nSPS) is 13.0. The highest BCUT2D eigenvalue weighted by Crippen LogP contribution is 2.25. The molecule has 1 atom stereocenters. The molecule has 1 aromatic heterocycles. The van der Waals surface area contributed by atoms with Crippen molar-refractivity contribution >= 4 is 32.7 Å². The van der Waals surface area contributed by atoms with Gasteiger partial charge in [-0.3, -0.25) is 4.79 Å². The van der Waals surface area contributed by atoms with Gasteiger partial charge in [-0.1, -0.05) is 26.0 Å². The molecule has 3 aromatic rings. The molecule has 3 N–H and O–H groups in total. The molecule has 0 saturated heterocycles. The monoisotopic (exact) mass is 400 g/mol. The number of anilines is 1. The van der Waals surface area contributed by atoms with Crippen molar-refractivity contribution in [3.8, 4) is 0 Å². The van der Waals surface area contributed by atoms with Crippen molar-refractivity contribution in [3.63, 3.8) is 0 Å². The van der Waals surface area contributed by atoms with E-state index in [4.69, 9.17) is 0 Å². The summed E-state index contributed by atoms with van der Waals surface area (Å²) in [7, 11) is -3.82. The highest BCUT2D eigenvalue weighted by molar-refractivity contribution is 7.89. The first-order valence-electron chi connectivity index (χ1n) is 9.02. The molecule has 2 aromatic carbocycles. The zero-order valence-electron chi connectivity index (χ0n) is 16.3. The zero-order chi connectivity index (χ0) is 20.5. The molecule has 0 saturated carbocycles. The van der Waals surface area contributed by atoms with Gasteiger partial charge in [-0.2, -0.15) is 0 Å². The summed E-state index contributed by atoms with van der Waals surface area (Å²) in [5.41, 5.74) is 3.18. The molecular formula is C20H24N4O3S. The molecule has 28 heavy (non-hydrogen) atoms. The quantitative estimate of drug-likeness (QED) is 0.589. The van der Waals surface area contributed by atoms with Gasteiger partial charge in [-0.05, 0) is 48.7 Å². The summed E-state index contributed by atoms with van der Waals surface area (Å²) in [6.07, 6.45) is 0. The number of nitrogens with zero attached hydrogens (tertiary/aromatic N) is 1. The lowest BCUT2D eigenvalue weighted by molar-refractivity contribution is -0.114. The van der Waals surface area contributed by atoms with Crippen LogP contribution in [0.3, 0.4) is 0 Å². The molecule has 148 valence electrons. The minimum Gasteiger partial charge on any atom is -0.341 e. The van der Waals surface area contributed by atoms with E-state index in [1.54, 1.807) is 12.1 Å². The van der Waals surface area contributed by atoms with Crippen molar-refractivity contribution in [1.82, 2.24) is 14.7 Å². The lowest BCUT2D eigenvalue weighted by Gasteiger charge is -2.20. The molecule has 0 bridgehead atoms. The fourth-order valence-corrected chi connectivity index (χ4v) is 4.37. The molecule has 8 heteroatoms. The number of nitrogens with one attached hydrogen (secondary N) is 3. The summed E-state index contributed by atoms with van der Waals surface area (Å²) in [4.78, 5) is 19.1.